The van der Waals surface area contributed by atoms with Crippen molar-refractivity contribution in [1.29, 1.82) is 0 Å². The molecular weight excluding hydrogens is 624 g/mol. The zero-order valence-electron chi connectivity index (χ0n) is 31.2. The van der Waals surface area contributed by atoms with Gasteiger partial charge >= 0.3 is 5.97 Å². The molecule has 0 aromatic rings. The normalized spacial score (nSPS) is 22.0. The van der Waals surface area contributed by atoms with E-state index < -0.39 is 49.4 Å². The molecule has 1 rings (SSSR count). The quantitative estimate of drug-likeness (QED) is 0.0307. The molecule has 0 aromatic heterocycles. The van der Waals surface area contributed by atoms with E-state index in [-0.39, 0.29) is 19.6 Å². The number of rotatable bonds is 33. The van der Waals surface area contributed by atoms with Crippen LogP contribution in [-0.4, -0.2) is 89.6 Å². The summed E-state index contributed by atoms with van der Waals surface area (Å²) in [6.45, 7) is 3.98. The number of carbonyl (C=O) groups excluding carboxylic acids is 1. The lowest BCUT2D eigenvalue weighted by atomic mass is 9.99. The van der Waals surface area contributed by atoms with Gasteiger partial charge in [-0.15, -0.1) is 0 Å². The number of allylic oxidation sites excluding steroid dienone is 4. The van der Waals surface area contributed by atoms with Crippen molar-refractivity contribution >= 4 is 5.97 Å². The topological polar surface area (TPSA) is 135 Å². The molecule has 0 amide bonds. The third-order valence-corrected chi connectivity index (χ3v) is 9.17. The summed E-state index contributed by atoms with van der Waals surface area (Å²) in [6, 6.07) is 0. The van der Waals surface area contributed by atoms with Crippen molar-refractivity contribution in [2.75, 3.05) is 26.4 Å². The van der Waals surface area contributed by atoms with Crippen molar-refractivity contribution in [3.8, 4) is 0 Å². The van der Waals surface area contributed by atoms with Crippen LogP contribution >= 0.6 is 0 Å². The number of aliphatic hydroxyl groups is 4. The van der Waals surface area contributed by atoms with Gasteiger partial charge in [0.25, 0.3) is 0 Å². The molecule has 0 spiro atoms. The van der Waals surface area contributed by atoms with Crippen molar-refractivity contribution < 1.29 is 44.2 Å². The van der Waals surface area contributed by atoms with E-state index in [0.29, 0.717) is 6.61 Å². The van der Waals surface area contributed by atoms with E-state index in [0.717, 1.165) is 19.3 Å². The highest BCUT2D eigenvalue weighted by molar-refractivity contribution is 5.69. The first kappa shape index (κ1) is 45.7. The molecule has 0 radical (unpaired) electrons. The fraction of sp³-hybridized carbons (Fsp3) is 0.875. The van der Waals surface area contributed by atoms with Gasteiger partial charge in [0.1, 0.15) is 30.5 Å². The minimum atomic E-state index is -1.53. The second kappa shape index (κ2) is 32.6. The molecule has 4 N–H and O–H groups in total. The van der Waals surface area contributed by atoms with Gasteiger partial charge < -0.3 is 39.4 Å². The first-order valence-electron chi connectivity index (χ1n) is 19.9. The van der Waals surface area contributed by atoms with Crippen LogP contribution in [0.4, 0.5) is 0 Å². The summed E-state index contributed by atoms with van der Waals surface area (Å²) in [5.41, 5.74) is 0. The summed E-state index contributed by atoms with van der Waals surface area (Å²) < 4.78 is 22.1. The molecule has 6 unspecified atom stereocenters. The van der Waals surface area contributed by atoms with Crippen LogP contribution in [0.15, 0.2) is 24.3 Å². The molecule has 1 aliphatic heterocycles. The molecule has 9 nitrogen and oxygen atoms in total. The Morgan fingerprint density at radius 1 is 0.653 bits per heavy atom. The Morgan fingerprint density at radius 2 is 1.16 bits per heavy atom. The third-order valence-electron chi connectivity index (χ3n) is 9.17. The third kappa shape index (κ3) is 24.5. The van der Waals surface area contributed by atoms with E-state index in [4.69, 9.17) is 18.9 Å². The van der Waals surface area contributed by atoms with Crippen LogP contribution in [0.5, 0.6) is 0 Å². The lowest BCUT2D eigenvalue weighted by Crippen LogP contribution is -2.59. The van der Waals surface area contributed by atoms with Crippen LogP contribution in [0.1, 0.15) is 162 Å². The van der Waals surface area contributed by atoms with Gasteiger partial charge in [0.15, 0.2) is 6.29 Å². The number of carbonyl (C=O) groups is 1. The molecular formula is C40H74O9. The van der Waals surface area contributed by atoms with Crippen LogP contribution < -0.4 is 0 Å². The Morgan fingerprint density at radius 3 is 1.67 bits per heavy atom. The molecule has 1 fully saturated rings. The largest absolute Gasteiger partial charge is 0.457 e. The maximum absolute atomic E-state index is 11.9. The number of hydrogen-bond donors (Lipinski definition) is 4. The van der Waals surface area contributed by atoms with Crippen molar-refractivity contribution in [3.05, 3.63) is 24.3 Å². The Bertz CT molecular complexity index is 803. The van der Waals surface area contributed by atoms with E-state index in [2.05, 4.69) is 31.2 Å². The summed E-state index contributed by atoms with van der Waals surface area (Å²) >= 11 is 0. The minimum Gasteiger partial charge on any atom is -0.457 e. The van der Waals surface area contributed by atoms with Gasteiger partial charge in [0, 0.05) is 13.0 Å². The van der Waals surface area contributed by atoms with E-state index in [1.165, 1.54) is 122 Å². The summed E-state index contributed by atoms with van der Waals surface area (Å²) in [4.78, 5) is 11.9. The molecule has 0 saturated carbocycles. The lowest BCUT2D eigenvalue weighted by Gasteiger charge is -2.39. The summed E-state index contributed by atoms with van der Waals surface area (Å²) in [6.07, 6.45) is 30.3. The zero-order valence-corrected chi connectivity index (χ0v) is 31.2. The second-order valence-electron chi connectivity index (χ2n) is 13.7. The van der Waals surface area contributed by atoms with Crippen molar-refractivity contribution in [1.82, 2.24) is 0 Å². The number of hydrogen-bond acceptors (Lipinski definition) is 9. The number of ether oxygens (including phenoxy) is 4. The predicted octanol–water partition coefficient (Wildman–Crippen LogP) is 7.86. The van der Waals surface area contributed by atoms with Gasteiger partial charge in [-0.3, -0.25) is 4.79 Å². The fourth-order valence-corrected chi connectivity index (χ4v) is 5.97. The predicted molar refractivity (Wildman–Crippen MR) is 196 cm³/mol. The highest BCUT2D eigenvalue weighted by Gasteiger charge is 2.44. The van der Waals surface area contributed by atoms with Crippen LogP contribution in [0.2, 0.25) is 0 Å². The Labute approximate surface area is 298 Å². The maximum atomic E-state index is 11.9. The van der Waals surface area contributed by atoms with E-state index in [1.54, 1.807) is 6.92 Å². The van der Waals surface area contributed by atoms with Crippen LogP contribution in [0.3, 0.4) is 0 Å². The minimum absolute atomic E-state index is 0.121. The molecule has 49 heavy (non-hydrogen) atoms. The average Bonchev–Trinajstić information content (AvgIpc) is 3.11. The zero-order chi connectivity index (χ0) is 35.8. The lowest BCUT2D eigenvalue weighted by molar-refractivity contribution is -0.305. The van der Waals surface area contributed by atoms with Crippen LogP contribution in [0, 0.1) is 0 Å². The van der Waals surface area contributed by atoms with Gasteiger partial charge in [0.2, 0.25) is 0 Å². The number of esters is 1. The fourth-order valence-electron chi connectivity index (χ4n) is 5.97. The maximum Gasteiger partial charge on any atom is 0.305 e. The molecule has 1 aliphatic rings. The monoisotopic (exact) mass is 699 g/mol. The molecule has 1 heterocycles. The van der Waals surface area contributed by atoms with Crippen LogP contribution in [0.25, 0.3) is 0 Å². The number of aliphatic hydroxyl groups excluding tert-OH is 4. The smallest absolute Gasteiger partial charge is 0.305 e. The van der Waals surface area contributed by atoms with Crippen molar-refractivity contribution in [2.24, 2.45) is 0 Å². The molecule has 0 aromatic carbocycles. The van der Waals surface area contributed by atoms with Gasteiger partial charge in [-0.2, -0.15) is 0 Å². The highest BCUT2D eigenvalue weighted by Crippen LogP contribution is 2.22. The van der Waals surface area contributed by atoms with Crippen molar-refractivity contribution in [2.45, 2.75) is 198 Å². The summed E-state index contributed by atoms with van der Waals surface area (Å²) in [7, 11) is 0. The molecule has 288 valence electrons. The van der Waals surface area contributed by atoms with Gasteiger partial charge in [0.05, 0.1) is 19.8 Å². The molecule has 1 saturated heterocycles. The van der Waals surface area contributed by atoms with E-state index in [1.807, 2.05) is 0 Å². The second-order valence-corrected chi connectivity index (χ2v) is 13.7. The SMILES string of the molecule is CCCCCCC/C=C\C/C=C\CCCCCCCCCCCCCCCCOCC(COC1OC(CO)C(O)C(O)C1O)OC(=O)CC. The molecule has 6 atom stereocenters. The summed E-state index contributed by atoms with van der Waals surface area (Å²) in [5, 5.41) is 39.4. The number of unbranched alkanes of at least 4 members (excludes halogenated alkanes) is 19. The standard InChI is InChI=1S/C40H74O9/c1-3-5-6-7-8-9-10-11-12-13-14-15-16-17-18-19-20-21-22-23-24-25-26-27-28-29-30-46-32-34(48-36(42)4-2)33-47-40-39(45)38(44)37(43)35(31-41)49-40/h10-11,13-14,34-35,37-41,43-45H,3-9,12,15-33H2,1-2H3/b11-10-,14-13-. The highest BCUT2D eigenvalue weighted by atomic mass is 16.7. The summed E-state index contributed by atoms with van der Waals surface area (Å²) in [5.74, 6) is -0.401. The Balaban J connectivity index is 1.94. The van der Waals surface area contributed by atoms with Gasteiger partial charge in [-0.1, -0.05) is 141 Å². The molecule has 0 bridgehead atoms. The first-order valence-corrected chi connectivity index (χ1v) is 19.9. The van der Waals surface area contributed by atoms with E-state index in [9.17, 15) is 25.2 Å². The van der Waals surface area contributed by atoms with Gasteiger partial charge in [-0.25, -0.2) is 0 Å². The molecule has 0 aliphatic carbocycles. The van der Waals surface area contributed by atoms with Crippen molar-refractivity contribution in [3.63, 3.8) is 0 Å². The first-order chi connectivity index (χ1) is 23.9. The Kier molecular flexibility index (Phi) is 30.4. The van der Waals surface area contributed by atoms with E-state index >= 15 is 0 Å². The van der Waals surface area contributed by atoms with Crippen LogP contribution in [-0.2, 0) is 23.7 Å². The average molecular weight is 699 g/mol. The van der Waals surface area contributed by atoms with Gasteiger partial charge in [-0.05, 0) is 38.5 Å². The molecule has 9 heteroatoms. The Hall–Kier alpha value is -1.33.